The lowest BCUT2D eigenvalue weighted by molar-refractivity contribution is 0.0193. The lowest BCUT2D eigenvalue weighted by atomic mass is 9.93. The molecule has 4 rings (SSSR count). The van der Waals surface area contributed by atoms with Crippen LogP contribution in [0.3, 0.4) is 0 Å². The van der Waals surface area contributed by atoms with Gasteiger partial charge >= 0.3 is 12.2 Å². The van der Waals surface area contributed by atoms with Crippen LogP contribution in [0, 0.1) is 11.8 Å². The highest BCUT2D eigenvalue weighted by molar-refractivity contribution is 5.68. The molecule has 0 aliphatic carbocycles. The topological polar surface area (TPSA) is 94.7 Å². The van der Waals surface area contributed by atoms with Gasteiger partial charge in [-0.3, -0.25) is 9.36 Å². The Morgan fingerprint density at radius 3 is 1.70 bits per heavy atom. The van der Waals surface area contributed by atoms with E-state index in [1.807, 2.05) is 62.2 Å². The van der Waals surface area contributed by atoms with Crippen LogP contribution in [0.4, 0.5) is 9.59 Å². The summed E-state index contributed by atoms with van der Waals surface area (Å²) < 4.78 is 15.0. The van der Waals surface area contributed by atoms with Gasteiger partial charge in [-0.2, -0.15) is 10.2 Å². The van der Waals surface area contributed by atoms with Crippen LogP contribution < -0.4 is 0 Å². The van der Waals surface area contributed by atoms with Gasteiger partial charge in [0, 0.05) is 69.2 Å². The normalized spacial score (nSPS) is 17.1. The summed E-state index contributed by atoms with van der Waals surface area (Å²) in [7, 11) is 0. The van der Waals surface area contributed by atoms with Gasteiger partial charge in [-0.15, -0.1) is 0 Å². The number of piperidine rings is 2. The molecule has 0 bridgehead atoms. The van der Waals surface area contributed by atoms with Gasteiger partial charge in [0.15, 0.2) is 0 Å². The molecule has 0 radical (unpaired) electrons. The summed E-state index contributed by atoms with van der Waals surface area (Å²) >= 11 is 0. The maximum absolute atomic E-state index is 12.1. The van der Waals surface area contributed by atoms with Gasteiger partial charge in [-0.25, -0.2) is 9.59 Å². The third-order valence-electron chi connectivity index (χ3n) is 7.63. The van der Waals surface area contributed by atoms with Gasteiger partial charge in [-0.05, 0) is 91.2 Å². The van der Waals surface area contributed by atoms with Crippen molar-refractivity contribution in [3.63, 3.8) is 0 Å². The van der Waals surface area contributed by atoms with Crippen LogP contribution in [0.1, 0.15) is 118 Å². The predicted molar refractivity (Wildman–Crippen MR) is 174 cm³/mol. The predicted octanol–water partition coefficient (Wildman–Crippen LogP) is 7.31. The van der Waals surface area contributed by atoms with E-state index >= 15 is 0 Å². The SMILES string of the molecule is CC(C)Cn1ccc(C2CCN(C(=O)OC(C)(C)C)CC2)n1.CC(C)Cn1nccc1C1CCN(C(=O)OC(C)(C)C)CC1. The van der Waals surface area contributed by atoms with Crippen LogP contribution in [-0.4, -0.2) is 78.9 Å². The smallest absolute Gasteiger partial charge is 0.410 e. The van der Waals surface area contributed by atoms with E-state index in [0.717, 1.165) is 70.6 Å². The minimum atomic E-state index is -0.427. The van der Waals surface area contributed by atoms with Crippen molar-refractivity contribution in [3.05, 3.63) is 35.9 Å². The summed E-state index contributed by atoms with van der Waals surface area (Å²) in [6, 6.07) is 4.24. The molecule has 10 nitrogen and oxygen atoms in total. The second kappa shape index (κ2) is 15.3. The lowest BCUT2D eigenvalue weighted by Gasteiger charge is -2.33. The Hall–Kier alpha value is -3.04. The van der Waals surface area contributed by atoms with Gasteiger partial charge in [0.2, 0.25) is 0 Å². The van der Waals surface area contributed by atoms with Crippen LogP contribution in [0.5, 0.6) is 0 Å². The highest BCUT2D eigenvalue weighted by atomic mass is 16.6. The molecule has 2 saturated heterocycles. The molecule has 0 unspecified atom stereocenters. The van der Waals surface area contributed by atoms with Gasteiger partial charge in [-0.1, -0.05) is 27.7 Å². The molecular formula is C34H58N6O4. The first-order chi connectivity index (χ1) is 20.5. The molecule has 0 aromatic carbocycles. The molecule has 0 atom stereocenters. The first-order valence-electron chi connectivity index (χ1n) is 16.5. The minimum Gasteiger partial charge on any atom is -0.444 e. The zero-order valence-electron chi connectivity index (χ0n) is 29.0. The van der Waals surface area contributed by atoms with E-state index in [2.05, 4.69) is 60.9 Å². The number of amides is 2. The van der Waals surface area contributed by atoms with Crippen LogP contribution in [0.2, 0.25) is 0 Å². The maximum Gasteiger partial charge on any atom is 0.410 e. The molecule has 0 N–H and O–H groups in total. The summed E-state index contributed by atoms with van der Waals surface area (Å²) in [6.45, 7) is 25.1. The molecule has 0 spiro atoms. The van der Waals surface area contributed by atoms with Crippen molar-refractivity contribution < 1.29 is 19.1 Å². The molecule has 2 aromatic rings. The molecule has 2 amide bonds. The van der Waals surface area contributed by atoms with Crippen LogP contribution in [-0.2, 0) is 22.6 Å². The van der Waals surface area contributed by atoms with E-state index in [1.54, 1.807) is 0 Å². The number of likely N-dealkylation sites (tertiary alicyclic amines) is 2. The average molecular weight is 615 g/mol. The van der Waals surface area contributed by atoms with E-state index in [-0.39, 0.29) is 12.2 Å². The van der Waals surface area contributed by atoms with Crippen LogP contribution in [0.25, 0.3) is 0 Å². The Morgan fingerprint density at radius 1 is 0.773 bits per heavy atom. The molecule has 2 aliphatic heterocycles. The van der Waals surface area contributed by atoms with Crippen molar-refractivity contribution in [2.45, 2.75) is 131 Å². The molecule has 2 aliphatic rings. The monoisotopic (exact) mass is 614 g/mol. The molecule has 248 valence electrons. The number of ether oxygens (including phenoxy) is 2. The number of aromatic nitrogens is 4. The van der Waals surface area contributed by atoms with Crippen LogP contribution in [0.15, 0.2) is 24.5 Å². The number of hydrogen-bond donors (Lipinski definition) is 0. The third kappa shape index (κ3) is 11.5. The van der Waals surface area contributed by atoms with E-state index < -0.39 is 11.2 Å². The molecular weight excluding hydrogens is 556 g/mol. The van der Waals surface area contributed by atoms with Crippen molar-refractivity contribution in [1.29, 1.82) is 0 Å². The average Bonchev–Trinajstić information content (AvgIpc) is 3.56. The summed E-state index contributed by atoms with van der Waals surface area (Å²) in [5, 5.41) is 9.13. The van der Waals surface area contributed by atoms with E-state index in [1.165, 1.54) is 5.69 Å². The Kier molecular flexibility index (Phi) is 12.3. The number of rotatable bonds is 6. The molecule has 0 saturated carbocycles. The molecule has 2 fully saturated rings. The van der Waals surface area contributed by atoms with Crippen molar-refractivity contribution >= 4 is 12.2 Å². The largest absolute Gasteiger partial charge is 0.444 e. The van der Waals surface area contributed by atoms with Crippen LogP contribution >= 0.6 is 0 Å². The Labute approximate surface area is 265 Å². The fourth-order valence-corrected chi connectivity index (χ4v) is 5.63. The quantitative estimate of drug-likeness (QED) is 0.339. The summed E-state index contributed by atoms with van der Waals surface area (Å²) in [4.78, 5) is 27.8. The Balaban J connectivity index is 0.000000240. The Morgan fingerprint density at radius 2 is 1.25 bits per heavy atom. The maximum atomic E-state index is 12.1. The number of carbonyl (C=O) groups is 2. The van der Waals surface area contributed by atoms with Crippen molar-refractivity contribution in [1.82, 2.24) is 29.4 Å². The van der Waals surface area contributed by atoms with E-state index in [4.69, 9.17) is 9.47 Å². The fourth-order valence-electron chi connectivity index (χ4n) is 5.63. The number of nitrogens with zero attached hydrogens (tertiary/aromatic N) is 6. The van der Waals surface area contributed by atoms with E-state index in [9.17, 15) is 9.59 Å². The summed E-state index contributed by atoms with van der Waals surface area (Å²) in [6.07, 6.45) is 7.42. The van der Waals surface area contributed by atoms with Gasteiger partial charge in [0.1, 0.15) is 11.2 Å². The first kappa shape index (κ1) is 35.4. The van der Waals surface area contributed by atoms with E-state index in [0.29, 0.717) is 23.7 Å². The summed E-state index contributed by atoms with van der Waals surface area (Å²) in [5.74, 6) is 2.12. The molecule has 44 heavy (non-hydrogen) atoms. The van der Waals surface area contributed by atoms with Gasteiger partial charge in [0.25, 0.3) is 0 Å². The second-order valence-corrected chi connectivity index (χ2v) is 15.2. The molecule has 4 heterocycles. The highest BCUT2D eigenvalue weighted by Crippen LogP contribution is 2.29. The molecule has 10 heteroatoms. The first-order valence-corrected chi connectivity index (χ1v) is 16.5. The lowest BCUT2D eigenvalue weighted by Crippen LogP contribution is -2.41. The molecule has 2 aromatic heterocycles. The number of hydrogen-bond acceptors (Lipinski definition) is 6. The second-order valence-electron chi connectivity index (χ2n) is 15.2. The van der Waals surface area contributed by atoms with Gasteiger partial charge < -0.3 is 19.3 Å². The number of carbonyl (C=O) groups excluding carboxylic acids is 2. The van der Waals surface area contributed by atoms with Crippen molar-refractivity contribution in [3.8, 4) is 0 Å². The fraction of sp³-hybridized carbons (Fsp3) is 0.765. The third-order valence-corrected chi connectivity index (χ3v) is 7.63. The minimum absolute atomic E-state index is 0.193. The van der Waals surface area contributed by atoms with Crippen molar-refractivity contribution in [2.75, 3.05) is 26.2 Å². The standard InChI is InChI=1S/2C17H29N3O2/c1-13(2)12-20-15(6-9-18-20)14-7-10-19(11-8-14)16(21)22-17(3,4)5;1-13(2)12-20-11-8-15(18-20)14-6-9-19(10-7-14)16(21)22-17(3,4)5/h6,9,13-14H,7-8,10-12H2,1-5H3;8,11,13-14H,6-7,9-10,12H2,1-5H3. The summed E-state index contributed by atoms with van der Waals surface area (Å²) in [5.41, 5.74) is 1.61. The zero-order valence-corrected chi connectivity index (χ0v) is 29.0. The van der Waals surface area contributed by atoms with Gasteiger partial charge in [0.05, 0.1) is 5.69 Å². The zero-order chi connectivity index (χ0) is 32.7. The van der Waals surface area contributed by atoms with Crippen molar-refractivity contribution in [2.24, 2.45) is 11.8 Å². The highest BCUT2D eigenvalue weighted by Gasteiger charge is 2.30. The Bertz CT molecular complexity index is 1170.